The summed E-state index contributed by atoms with van der Waals surface area (Å²) in [5, 5.41) is 3.77. The second-order valence-corrected chi connectivity index (χ2v) is 7.26. The second kappa shape index (κ2) is 6.45. The van der Waals surface area contributed by atoms with E-state index in [0.29, 0.717) is 11.8 Å². The largest absolute Gasteiger partial charge is 0.364 e. The van der Waals surface area contributed by atoms with E-state index in [1.165, 1.54) is 28.9 Å². The number of hydrogen-bond donors (Lipinski definition) is 1. The molecule has 2 aliphatic rings. The molecule has 1 aliphatic heterocycles. The zero-order chi connectivity index (χ0) is 17.3. The Balaban J connectivity index is 1.45. The first-order chi connectivity index (χ1) is 12.9. The third kappa shape index (κ3) is 2.82. The third-order valence-electron chi connectivity index (χ3n) is 5.57. The molecule has 1 N–H and O–H groups in total. The molecule has 26 heavy (non-hydrogen) atoms. The van der Waals surface area contributed by atoms with Crippen molar-refractivity contribution in [3.05, 3.63) is 108 Å². The van der Waals surface area contributed by atoms with Crippen molar-refractivity contribution in [2.24, 2.45) is 10.9 Å². The fourth-order valence-corrected chi connectivity index (χ4v) is 4.11. The molecule has 3 aromatic carbocycles. The molecule has 3 aromatic rings. The fraction of sp³-hybridized carbons (Fsp3) is 0.208. The molecule has 0 unspecified atom stereocenters. The molecular formula is C24H22N2. The average Bonchev–Trinajstić information content (AvgIpc) is 3.41. The maximum absolute atomic E-state index is 5.16. The molecule has 1 heterocycles. The van der Waals surface area contributed by atoms with Crippen LogP contribution in [0.25, 0.3) is 0 Å². The molecule has 4 atom stereocenters. The van der Waals surface area contributed by atoms with E-state index in [2.05, 4.69) is 96.3 Å². The molecule has 0 spiro atoms. The van der Waals surface area contributed by atoms with Crippen LogP contribution in [0.2, 0.25) is 0 Å². The maximum atomic E-state index is 5.16. The van der Waals surface area contributed by atoms with Crippen molar-refractivity contribution < 1.29 is 0 Å². The van der Waals surface area contributed by atoms with E-state index in [-0.39, 0.29) is 12.1 Å². The van der Waals surface area contributed by atoms with Crippen molar-refractivity contribution in [1.29, 1.82) is 0 Å². The van der Waals surface area contributed by atoms with E-state index in [1.54, 1.807) is 0 Å². The topological polar surface area (TPSA) is 24.4 Å². The highest BCUT2D eigenvalue weighted by molar-refractivity contribution is 5.90. The van der Waals surface area contributed by atoms with Crippen molar-refractivity contribution in [3.63, 3.8) is 0 Å². The van der Waals surface area contributed by atoms with Gasteiger partial charge in [-0.2, -0.15) is 0 Å². The molecule has 2 nitrogen and oxygen atoms in total. The first-order valence-corrected chi connectivity index (χ1v) is 9.39. The Hall–Kier alpha value is -2.87. The van der Waals surface area contributed by atoms with Gasteiger partial charge in [0.15, 0.2) is 0 Å². The molecule has 1 fully saturated rings. The number of nitrogens with zero attached hydrogens (tertiary/aromatic N) is 1. The quantitative estimate of drug-likeness (QED) is 0.688. The lowest BCUT2D eigenvalue weighted by atomic mass is 9.95. The monoisotopic (exact) mass is 338 g/mol. The summed E-state index contributed by atoms with van der Waals surface area (Å²) in [5.74, 6) is 2.31. The summed E-state index contributed by atoms with van der Waals surface area (Å²) in [6, 6.07) is 32.6. The van der Waals surface area contributed by atoms with E-state index in [9.17, 15) is 0 Å². The van der Waals surface area contributed by atoms with E-state index in [0.717, 1.165) is 0 Å². The van der Waals surface area contributed by atoms with Crippen LogP contribution in [0.15, 0.2) is 96.0 Å². The van der Waals surface area contributed by atoms with Crippen molar-refractivity contribution in [3.8, 4) is 0 Å². The van der Waals surface area contributed by atoms with E-state index >= 15 is 0 Å². The van der Waals surface area contributed by atoms with Gasteiger partial charge in [-0.1, -0.05) is 91.0 Å². The summed E-state index contributed by atoms with van der Waals surface area (Å²) in [7, 11) is 0. The van der Waals surface area contributed by atoms with Crippen LogP contribution in [0.4, 0.5) is 0 Å². The maximum Gasteiger partial charge on any atom is 0.101 e. The summed E-state index contributed by atoms with van der Waals surface area (Å²) in [4.78, 5) is 5.16. The van der Waals surface area contributed by atoms with Crippen molar-refractivity contribution in [2.75, 3.05) is 0 Å². The van der Waals surface area contributed by atoms with Gasteiger partial charge in [0.1, 0.15) is 11.9 Å². The lowest BCUT2D eigenvalue weighted by Crippen LogP contribution is -2.26. The van der Waals surface area contributed by atoms with Gasteiger partial charge in [-0.3, -0.25) is 4.99 Å². The zero-order valence-electron chi connectivity index (χ0n) is 14.6. The molecule has 5 rings (SSSR count). The van der Waals surface area contributed by atoms with E-state index in [1.807, 2.05) is 0 Å². The summed E-state index contributed by atoms with van der Waals surface area (Å²) in [6.07, 6.45) is 1.19. The number of nitrogens with one attached hydrogen (secondary N) is 1. The Morgan fingerprint density at radius 2 is 1.15 bits per heavy atom. The molecule has 0 radical (unpaired) electrons. The summed E-state index contributed by atoms with van der Waals surface area (Å²) in [5.41, 5.74) is 4.01. The Labute approximate surface area is 154 Å². The number of rotatable bonds is 4. The molecule has 0 amide bonds. The first kappa shape index (κ1) is 15.4. The Morgan fingerprint density at radius 3 is 1.77 bits per heavy atom. The van der Waals surface area contributed by atoms with Crippen LogP contribution in [0.1, 0.15) is 41.1 Å². The summed E-state index contributed by atoms with van der Waals surface area (Å²) >= 11 is 0. The van der Waals surface area contributed by atoms with Gasteiger partial charge in [-0.15, -0.1) is 0 Å². The number of amidine groups is 1. The van der Waals surface area contributed by atoms with Crippen LogP contribution in [0.3, 0.4) is 0 Å². The molecule has 128 valence electrons. The lowest BCUT2D eigenvalue weighted by molar-refractivity contribution is 0.571. The Bertz CT molecular complexity index is 903. The molecule has 0 bridgehead atoms. The highest BCUT2D eigenvalue weighted by Crippen LogP contribution is 2.50. The smallest absolute Gasteiger partial charge is 0.101 e. The van der Waals surface area contributed by atoms with E-state index in [4.69, 9.17) is 4.99 Å². The standard InChI is InChI=1S/C24H22N2/c1-4-10-17(11-5-1)20-16-21(20)24-25-22(18-12-6-2-7-13-18)23(26-24)19-14-8-3-9-15-19/h1-15,20-23H,16H2,(H,25,26)/t20-,21+,22-,23+/m1/s1. The van der Waals surface area contributed by atoms with Gasteiger partial charge < -0.3 is 5.32 Å². The van der Waals surface area contributed by atoms with Gasteiger partial charge in [-0.05, 0) is 29.0 Å². The van der Waals surface area contributed by atoms with Gasteiger partial charge in [-0.25, -0.2) is 0 Å². The van der Waals surface area contributed by atoms with Gasteiger partial charge >= 0.3 is 0 Å². The van der Waals surface area contributed by atoms with Gasteiger partial charge in [0.05, 0.1) is 6.04 Å². The lowest BCUT2D eigenvalue weighted by Gasteiger charge is -2.19. The number of aliphatic imine (C=N–C) groups is 1. The van der Waals surface area contributed by atoms with Crippen LogP contribution in [-0.2, 0) is 0 Å². The minimum Gasteiger partial charge on any atom is -0.364 e. The molecule has 0 aromatic heterocycles. The van der Waals surface area contributed by atoms with Crippen molar-refractivity contribution in [2.45, 2.75) is 24.4 Å². The molecule has 2 heteroatoms. The average molecular weight is 338 g/mol. The SMILES string of the molecule is c1ccc([C@H]2C[C@@H]2C2=N[C@H](c3ccccc3)[C@H](c3ccccc3)N2)cc1. The zero-order valence-corrected chi connectivity index (χ0v) is 14.6. The van der Waals surface area contributed by atoms with Crippen LogP contribution < -0.4 is 5.32 Å². The van der Waals surface area contributed by atoms with Crippen molar-refractivity contribution in [1.82, 2.24) is 5.32 Å². The molecule has 1 saturated carbocycles. The fourth-order valence-electron chi connectivity index (χ4n) is 4.11. The van der Waals surface area contributed by atoms with Gasteiger partial charge in [0.25, 0.3) is 0 Å². The summed E-state index contributed by atoms with van der Waals surface area (Å²) < 4.78 is 0. The molecule has 0 saturated heterocycles. The van der Waals surface area contributed by atoms with Crippen LogP contribution in [-0.4, -0.2) is 5.84 Å². The molecule has 1 aliphatic carbocycles. The van der Waals surface area contributed by atoms with Gasteiger partial charge in [0.2, 0.25) is 0 Å². The highest BCUT2D eigenvalue weighted by Gasteiger charge is 2.46. The minimum atomic E-state index is 0.144. The van der Waals surface area contributed by atoms with Crippen LogP contribution in [0, 0.1) is 5.92 Å². The van der Waals surface area contributed by atoms with Gasteiger partial charge in [0, 0.05) is 5.92 Å². The number of hydrogen-bond acceptors (Lipinski definition) is 2. The van der Waals surface area contributed by atoms with Crippen LogP contribution in [0.5, 0.6) is 0 Å². The summed E-state index contributed by atoms with van der Waals surface area (Å²) in [6.45, 7) is 0. The second-order valence-electron chi connectivity index (χ2n) is 7.26. The van der Waals surface area contributed by atoms with Crippen LogP contribution >= 0.6 is 0 Å². The van der Waals surface area contributed by atoms with E-state index < -0.39 is 0 Å². The molecular weight excluding hydrogens is 316 g/mol. The first-order valence-electron chi connectivity index (χ1n) is 9.39. The predicted octanol–water partition coefficient (Wildman–Crippen LogP) is 5.27. The number of benzene rings is 3. The normalized spacial score (nSPS) is 26.8. The Kier molecular flexibility index (Phi) is 3.82. The minimum absolute atomic E-state index is 0.144. The van der Waals surface area contributed by atoms with Crippen molar-refractivity contribution >= 4 is 5.84 Å². The third-order valence-corrected chi connectivity index (χ3v) is 5.57. The predicted molar refractivity (Wildman–Crippen MR) is 106 cm³/mol. The highest BCUT2D eigenvalue weighted by atomic mass is 15.1. The Morgan fingerprint density at radius 1 is 0.615 bits per heavy atom.